The highest BCUT2D eigenvalue weighted by atomic mass is 79.9. The molecule has 0 bridgehead atoms. The van der Waals surface area contributed by atoms with Crippen LogP contribution in [0.3, 0.4) is 0 Å². The minimum Gasteiger partial charge on any atom is -0.494 e. The molecular formula is C8H4BrF3N2O2. The highest BCUT2D eigenvalue weighted by Gasteiger charge is 2.33. The predicted octanol–water partition coefficient (Wildman–Crippen LogP) is 2.62. The van der Waals surface area contributed by atoms with Crippen molar-refractivity contribution in [1.82, 2.24) is 4.98 Å². The van der Waals surface area contributed by atoms with Crippen LogP contribution in [0, 0.1) is 11.3 Å². The molecule has 16 heavy (non-hydrogen) atoms. The van der Waals surface area contributed by atoms with Gasteiger partial charge in [-0.25, -0.2) is 4.98 Å². The van der Waals surface area contributed by atoms with Crippen LogP contribution >= 0.6 is 15.9 Å². The molecule has 0 aliphatic carbocycles. The van der Waals surface area contributed by atoms with Gasteiger partial charge in [-0.2, -0.15) is 5.26 Å². The van der Waals surface area contributed by atoms with E-state index in [-0.39, 0.29) is 15.8 Å². The molecule has 1 aromatic rings. The van der Waals surface area contributed by atoms with Gasteiger partial charge in [0.1, 0.15) is 16.1 Å². The first kappa shape index (κ1) is 12.6. The molecule has 0 unspecified atom stereocenters. The second-order valence-corrected chi connectivity index (χ2v) is 3.27. The molecule has 0 atom stereocenters. The number of rotatable bonds is 2. The molecule has 1 aromatic heterocycles. The van der Waals surface area contributed by atoms with Crippen molar-refractivity contribution in [3.8, 4) is 17.7 Å². The fraction of sp³-hybridized carbons (Fsp3) is 0.250. The Kier molecular flexibility index (Phi) is 3.59. The average molecular weight is 297 g/mol. The summed E-state index contributed by atoms with van der Waals surface area (Å²) in [6, 6.07) is 1.68. The molecule has 4 nitrogen and oxygen atoms in total. The van der Waals surface area contributed by atoms with E-state index < -0.39 is 12.2 Å². The quantitative estimate of drug-likeness (QED) is 0.842. The summed E-state index contributed by atoms with van der Waals surface area (Å²) in [6.45, 7) is 0. The number of methoxy groups -OCH3 is 1. The van der Waals surface area contributed by atoms with Crippen LogP contribution in [0.1, 0.15) is 5.56 Å². The SMILES string of the molecule is COc1cnc(OC(F)(F)F)c(Br)c1C#N. The number of alkyl halides is 3. The standard InChI is InChI=1S/C8H4BrF3N2O2/c1-15-5-3-14-7(16-8(10,11)12)6(9)4(5)2-13/h3H,1H3. The second-order valence-electron chi connectivity index (χ2n) is 2.48. The number of halogens is 4. The van der Waals surface area contributed by atoms with E-state index in [2.05, 4.69) is 25.7 Å². The van der Waals surface area contributed by atoms with Crippen molar-refractivity contribution in [2.45, 2.75) is 6.36 Å². The molecule has 0 aliphatic rings. The molecule has 86 valence electrons. The van der Waals surface area contributed by atoms with Crippen molar-refractivity contribution >= 4 is 15.9 Å². The van der Waals surface area contributed by atoms with E-state index in [1.807, 2.05) is 0 Å². The van der Waals surface area contributed by atoms with Crippen molar-refractivity contribution in [2.24, 2.45) is 0 Å². The normalized spacial score (nSPS) is 10.8. The Morgan fingerprint density at radius 2 is 2.12 bits per heavy atom. The maximum Gasteiger partial charge on any atom is 0.574 e. The minimum atomic E-state index is -4.86. The van der Waals surface area contributed by atoms with Gasteiger partial charge in [0.2, 0.25) is 5.88 Å². The maximum atomic E-state index is 11.9. The van der Waals surface area contributed by atoms with Gasteiger partial charge in [0, 0.05) is 0 Å². The Labute approximate surface area is 96.7 Å². The van der Waals surface area contributed by atoms with Gasteiger partial charge in [-0.1, -0.05) is 0 Å². The number of hydrogen-bond donors (Lipinski definition) is 0. The van der Waals surface area contributed by atoms with Gasteiger partial charge in [-0.05, 0) is 15.9 Å². The number of ether oxygens (including phenoxy) is 2. The van der Waals surface area contributed by atoms with Gasteiger partial charge in [0.25, 0.3) is 0 Å². The lowest BCUT2D eigenvalue weighted by atomic mass is 10.2. The summed E-state index contributed by atoms with van der Waals surface area (Å²) in [5, 5.41) is 8.73. The number of hydrogen-bond acceptors (Lipinski definition) is 4. The largest absolute Gasteiger partial charge is 0.574 e. The van der Waals surface area contributed by atoms with Gasteiger partial charge in [-0.15, -0.1) is 13.2 Å². The van der Waals surface area contributed by atoms with E-state index in [1.165, 1.54) is 7.11 Å². The topological polar surface area (TPSA) is 55.1 Å². The van der Waals surface area contributed by atoms with E-state index in [1.54, 1.807) is 6.07 Å². The van der Waals surface area contributed by atoms with E-state index in [0.29, 0.717) is 0 Å². The monoisotopic (exact) mass is 296 g/mol. The Hall–Kier alpha value is -1.49. The van der Waals surface area contributed by atoms with Crippen LogP contribution in [0.2, 0.25) is 0 Å². The smallest absolute Gasteiger partial charge is 0.494 e. The second kappa shape index (κ2) is 4.57. The number of pyridine rings is 1. The lowest BCUT2D eigenvalue weighted by molar-refractivity contribution is -0.276. The Balaban J connectivity index is 3.21. The van der Waals surface area contributed by atoms with Crippen LogP contribution < -0.4 is 9.47 Å². The first-order chi connectivity index (χ1) is 7.39. The molecule has 1 rings (SSSR count). The minimum absolute atomic E-state index is 0.0592. The fourth-order valence-corrected chi connectivity index (χ4v) is 1.36. The molecule has 1 heterocycles. The summed E-state index contributed by atoms with van der Waals surface area (Å²) in [4.78, 5) is 3.38. The van der Waals surface area contributed by atoms with Gasteiger partial charge in [-0.3, -0.25) is 0 Å². The van der Waals surface area contributed by atoms with Gasteiger partial charge in [0.15, 0.2) is 5.75 Å². The zero-order valence-electron chi connectivity index (χ0n) is 7.80. The van der Waals surface area contributed by atoms with E-state index in [9.17, 15) is 13.2 Å². The Morgan fingerprint density at radius 3 is 2.56 bits per heavy atom. The zero-order valence-corrected chi connectivity index (χ0v) is 9.39. The predicted molar refractivity (Wildman–Crippen MR) is 49.9 cm³/mol. The first-order valence-corrected chi connectivity index (χ1v) is 4.56. The molecule has 0 amide bonds. The third-order valence-corrected chi connectivity index (χ3v) is 2.23. The third-order valence-electron chi connectivity index (χ3n) is 1.50. The summed E-state index contributed by atoms with van der Waals surface area (Å²) < 4.78 is 44.0. The van der Waals surface area contributed by atoms with Crippen LogP contribution in [0.25, 0.3) is 0 Å². The van der Waals surface area contributed by atoms with E-state index in [0.717, 1.165) is 6.20 Å². The molecule has 0 aliphatic heterocycles. The molecule has 0 aromatic carbocycles. The van der Waals surface area contributed by atoms with E-state index >= 15 is 0 Å². The average Bonchev–Trinajstić information content (AvgIpc) is 2.19. The molecular weight excluding hydrogens is 293 g/mol. The molecule has 0 radical (unpaired) electrons. The van der Waals surface area contributed by atoms with Gasteiger partial charge >= 0.3 is 6.36 Å². The van der Waals surface area contributed by atoms with Crippen molar-refractivity contribution in [1.29, 1.82) is 5.26 Å². The molecule has 0 saturated carbocycles. The third kappa shape index (κ3) is 2.76. The summed E-state index contributed by atoms with van der Waals surface area (Å²) in [6.07, 6.45) is -3.89. The van der Waals surface area contributed by atoms with Crippen LogP contribution in [-0.2, 0) is 0 Å². The fourth-order valence-electron chi connectivity index (χ4n) is 0.893. The summed E-state index contributed by atoms with van der Waals surface area (Å²) in [5.41, 5.74) is -0.114. The van der Waals surface area contributed by atoms with Crippen molar-refractivity contribution in [3.63, 3.8) is 0 Å². The maximum absolute atomic E-state index is 11.9. The van der Waals surface area contributed by atoms with E-state index in [4.69, 9.17) is 10.00 Å². The molecule has 8 heteroatoms. The molecule has 0 fully saturated rings. The van der Waals surface area contributed by atoms with Crippen LogP contribution in [-0.4, -0.2) is 18.5 Å². The van der Waals surface area contributed by atoms with Crippen molar-refractivity contribution < 1.29 is 22.6 Å². The van der Waals surface area contributed by atoms with Gasteiger partial charge in [0.05, 0.1) is 13.3 Å². The van der Waals surface area contributed by atoms with Crippen molar-refractivity contribution in [3.05, 3.63) is 16.2 Å². The summed E-state index contributed by atoms with van der Waals surface area (Å²) >= 11 is 2.80. The molecule has 0 spiro atoms. The Bertz CT molecular complexity index is 442. The Morgan fingerprint density at radius 1 is 1.50 bits per heavy atom. The summed E-state index contributed by atoms with van der Waals surface area (Å²) in [5.74, 6) is -0.672. The lowest BCUT2D eigenvalue weighted by Gasteiger charge is -2.11. The van der Waals surface area contributed by atoms with Crippen LogP contribution in [0.4, 0.5) is 13.2 Å². The van der Waals surface area contributed by atoms with Crippen molar-refractivity contribution in [2.75, 3.05) is 7.11 Å². The highest BCUT2D eigenvalue weighted by molar-refractivity contribution is 9.10. The van der Waals surface area contributed by atoms with Gasteiger partial charge < -0.3 is 9.47 Å². The highest BCUT2D eigenvalue weighted by Crippen LogP contribution is 2.34. The van der Waals surface area contributed by atoms with Crippen LogP contribution in [0.5, 0.6) is 11.6 Å². The number of nitriles is 1. The molecule has 0 N–H and O–H groups in total. The first-order valence-electron chi connectivity index (χ1n) is 3.77. The summed E-state index contributed by atoms with van der Waals surface area (Å²) in [7, 11) is 1.27. The number of aromatic nitrogens is 1. The molecule has 0 saturated heterocycles. The number of nitrogens with zero attached hydrogens (tertiary/aromatic N) is 2. The zero-order chi connectivity index (χ0) is 12.3. The van der Waals surface area contributed by atoms with Crippen LogP contribution in [0.15, 0.2) is 10.7 Å². The lowest BCUT2D eigenvalue weighted by Crippen LogP contribution is -2.18.